The maximum absolute atomic E-state index is 10.6. The molecular weight excluding hydrogens is 297 g/mol. The number of nitro groups is 1. The van der Waals surface area contributed by atoms with Crippen LogP contribution in [-0.2, 0) is 0 Å². The Kier molecular flexibility index (Phi) is 3.35. The van der Waals surface area contributed by atoms with Gasteiger partial charge in [0, 0.05) is 24.3 Å². The molecular formula is C10H9BrClNO3. The van der Waals surface area contributed by atoms with E-state index in [-0.39, 0.29) is 17.2 Å². The highest BCUT2D eigenvalue weighted by molar-refractivity contribution is 9.10. The Labute approximate surface area is 106 Å². The molecule has 0 radical (unpaired) electrons. The van der Waals surface area contributed by atoms with Crippen molar-refractivity contribution < 1.29 is 9.66 Å². The van der Waals surface area contributed by atoms with Crippen molar-refractivity contribution in [3.63, 3.8) is 0 Å². The fourth-order valence-electron chi connectivity index (χ4n) is 1.47. The van der Waals surface area contributed by atoms with Gasteiger partial charge in [-0.3, -0.25) is 10.1 Å². The largest absolute Gasteiger partial charge is 0.489 e. The minimum Gasteiger partial charge on any atom is -0.489 e. The summed E-state index contributed by atoms with van der Waals surface area (Å²) in [5.41, 5.74) is 0.0277. The first-order valence-electron chi connectivity index (χ1n) is 4.81. The smallest absolute Gasteiger partial charge is 0.273 e. The zero-order valence-electron chi connectivity index (χ0n) is 8.23. The summed E-state index contributed by atoms with van der Waals surface area (Å²) in [4.78, 5) is 10.2. The van der Waals surface area contributed by atoms with Crippen molar-refractivity contribution >= 4 is 33.2 Å². The minimum atomic E-state index is -0.440. The molecule has 1 aliphatic carbocycles. The van der Waals surface area contributed by atoms with Crippen LogP contribution in [0.3, 0.4) is 0 Å². The molecule has 1 aromatic rings. The Hall–Kier alpha value is -0.810. The van der Waals surface area contributed by atoms with Gasteiger partial charge >= 0.3 is 0 Å². The predicted molar refractivity (Wildman–Crippen MR) is 64.1 cm³/mol. The summed E-state index contributed by atoms with van der Waals surface area (Å²) >= 11 is 9.13. The van der Waals surface area contributed by atoms with E-state index in [0.29, 0.717) is 5.75 Å². The topological polar surface area (TPSA) is 52.4 Å². The second-order valence-electron chi connectivity index (χ2n) is 3.68. The Morgan fingerprint density at radius 2 is 2.19 bits per heavy atom. The lowest BCUT2D eigenvalue weighted by Crippen LogP contribution is -2.34. The Bertz CT molecular complexity index is 421. The summed E-state index contributed by atoms with van der Waals surface area (Å²) < 4.78 is 6.33. The van der Waals surface area contributed by atoms with Crippen LogP contribution in [0.4, 0.5) is 5.69 Å². The lowest BCUT2D eigenvalue weighted by molar-refractivity contribution is -0.385. The number of nitrogens with zero attached hydrogens (tertiary/aromatic N) is 1. The number of rotatable bonds is 3. The molecule has 0 atom stereocenters. The van der Waals surface area contributed by atoms with E-state index in [0.717, 1.165) is 17.3 Å². The first-order valence-corrected chi connectivity index (χ1v) is 6.04. The maximum Gasteiger partial charge on any atom is 0.273 e. The van der Waals surface area contributed by atoms with Gasteiger partial charge in [0.05, 0.1) is 15.5 Å². The molecule has 0 spiro atoms. The molecule has 1 aliphatic rings. The second-order valence-corrected chi connectivity index (χ2v) is 5.15. The van der Waals surface area contributed by atoms with E-state index in [1.54, 1.807) is 6.07 Å². The number of benzene rings is 1. The summed E-state index contributed by atoms with van der Waals surface area (Å²) in [6.07, 6.45) is 1.65. The normalized spacial score (nSPS) is 23.6. The average Bonchev–Trinajstić information content (AvgIpc) is 2.18. The van der Waals surface area contributed by atoms with Crippen LogP contribution >= 0.6 is 27.5 Å². The Morgan fingerprint density at radius 1 is 1.50 bits per heavy atom. The van der Waals surface area contributed by atoms with Gasteiger partial charge in [-0.1, -0.05) is 0 Å². The van der Waals surface area contributed by atoms with Crippen molar-refractivity contribution in [2.45, 2.75) is 24.3 Å². The third kappa shape index (κ3) is 2.47. The minimum absolute atomic E-state index is 0.0277. The highest BCUT2D eigenvalue weighted by Gasteiger charge is 2.29. The second kappa shape index (κ2) is 4.59. The molecule has 0 heterocycles. The zero-order chi connectivity index (χ0) is 11.7. The molecule has 0 amide bonds. The number of ether oxygens (including phenoxy) is 1. The molecule has 0 unspecified atom stereocenters. The fraction of sp³-hybridized carbons (Fsp3) is 0.400. The van der Waals surface area contributed by atoms with Crippen molar-refractivity contribution in [3.05, 3.63) is 32.8 Å². The first kappa shape index (κ1) is 11.7. The molecule has 2 rings (SSSR count). The molecule has 0 bridgehead atoms. The van der Waals surface area contributed by atoms with E-state index in [1.165, 1.54) is 12.1 Å². The lowest BCUT2D eigenvalue weighted by Gasteiger charge is -2.31. The van der Waals surface area contributed by atoms with Crippen LogP contribution in [0.15, 0.2) is 22.7 Å². The van der Waals surface area contributed by atoms with Crippen molar-refractivity contribution in [2.24, 2.45) is 0 Å². The van der Waals surface area contributed by atoms with Crippen molar-refractivity contribution in [3.8, 4) is 5.75 Å². The van der Waals surface area contributed by atoms with Gasteiger partial charge in [-0.25, -0.2) is 0 Å². The molecule has 1 saturated carbocycles. The molecule has 0 aliphatic heterocycles. The number of alkyl halides is 1. The van der Waals surface area contributed by atoms with E-state index < -0.39 is 4.92 Å². The molecule has 16 heavy (non-hydrogen) atoms. The number of halogens is 2. The Morgan fingerprint density at radius 3 is 2.75 bits per heavy atom. The zero-order valence-corrected chi connectivity index (χ0v) is 10.6. The van der Waals surface area contributed by atoms with E-state index in [9.17, 15) is 10.1 Å². The van der Waals surface area contributed by atoms with Gasteiger partial charge in [0.15, 0.2) is 0 Å². The monoisotopic (exact) mass is 305 g/mol. The highest BCUT2D eigenvalue weighted by atomic mass is 79.9. The number of hydrogen-bond donors (Lipinski definition) is 0. The maximum atomic E-state index is 10.6. The molecule has 1 fully saturated rings. The number of hydrogen-bond acceptors (Lipinski definition) is 3. The molecule has 6 heteroatoms. The van der Waals surface area contributed by atoms with Gasteiger partial charge in [-0.15, -0.1) is 11.6 Å². The van der Waals surface area contributed by atoms with Crippen molar-refractivity contribution in [1.29, 1.82) is 0 Å². The van der Waals surface area contributed by atoms with Gasteiger partial charge in [0.2, 0.25) is 0 Å². The van der Waals surface area contributed by atoms with Crippen LogP contribution in [-0.4, -0.2) is 16.4 Å². The lowest BCUT2D eigenvalue weighted by atomic mass is 9.95. The van der Waals surface area contributed by atoms with Crippen LogP contribution in [0, 0.1) is 10.1 Å². The number of non-ortho nitro benzene ring substituents is 1. The molecule has 0 N–H and O–H groups in total. The molecule has 1 aromatic carbocycles. The molecule has 0 aromatic heterocycles. The SMILES string of the molecule is O=[N+]([O-])c1ccc(Br)c(OC2CC(Cl)C2)c1. The summed E-state index contributed by atoms with van der Waals surface area (Å²) in [6.45, 7) is 0. The first-order chi connectivity index (χ1) is 7.56. The van der Waals surface area contributed by atoms with Gasteiger partial charge in [0.1, 0.15) is 11.9 Å². The van der Waals surface area contributed by atoms with Crippen LogP contribution < -0.4 is 4.74 Å². The van der Waals surface area contributed by atoms with E-state index in [1.807, 2.05) is 0 Å². The van der Waals surface area contributed by atoms with Crippen LogP contribution in [0.1, 0.15) is 12.8 Å². The van der Waals surface area contributed by atoms with Crippen LogP contribution in [0.25, 0.3) is 0 Å². The van der Waals surface area contributed by atoms with Gasteiger partial charge in [-0.05, 0) is 22.0 Å². The average molecular weight is 307 g/mol. The van der Waals surface area contributed by atoms with E-state index in [2.05, 4.69) is 15.9 Å². The molecule has 4 nitrogen and oxygen atoms in total. The van der Waals surface area contributed by atoms with Crippen LogP contribution in [0.5, 0.6) is 5.75 Å². The van der Waals surface area contributed by atoms with E-state index >= 15 is 0 Å². The summed E-state index contributed by atoms with van der Waals surface area (Å²) in [5, 5.41) is 10.8. The Balaban J connectivity index is 2.12. The highest BCUT2D eigenvalue weighted by Crippen LogP contribution is 2.35. The van der Waals surface area contributed by atoms with Crippen LogP contribution in [0.2, 0.25) is 0 Å². The summed E-state index contributed by atoms with van der Waals surface area (Å²) in [7, 11) is 0. The standard InChI is InChI=1S/C10H9BrClNO3/c11-9-2-1-7(13(14)15)5-10(9)16-8-3-6(12)4-8/h1-2,5-6,8H,3-4H2. The summed E-state index contributed by atoms with van der Waals surface area (Å²) in [6, 6.07) is 4.47. The van der Waals surface area contributed by atoms with Crippen molar-refractivity contribution in [1.82, 2.24) is 0 Å². The quantitative estimate of drug-likeness (QED) is 0.488. The predicted octanol–water partition coefficient (Wildman–Crippen LogP) is 3.51. The number of nitro benzene ring substituents is 1. The third-order valence-corrected chi connectivity index (χ3v) is 3.47. The van der Waals surface area contributed by atoms with Gasteiger partial charge < -0.3 is 4.74 Å². The fourth-order valence-corrected chi connectivity index (χ4v) is 2.21. The molecule has 0 saturated heterocycles. The van der Waals surface area contributed by atoms with Crippen molar-refractivity contribution in [2.75, 3.05) is 0 Å². The van der Waals surface area contributed by atoms with Gasteiger partial charge in [-0.2, -0.15) is 0 Å². The summed E-state index contributed by atoms with van der Waals surface area (Å²) in [5.74, 6) is 0.503. The van der Waals surface area contributed by atoms with E-state index in [4.69, 9.17) is 16.3 Å². The van der Waals surface area contributed by atoms with Gasteiger partial charge in [0.25, 0.3) is 5.69 Å². The molecule has 86 valence electrons. The third-order valence-electron chi connectivity index (χ3n) is 2.46.